The Labute approximate surface area is 102 Å². The molecular formula is C11H18N4S. The molecule has 0 radical (unpaired) electrons. The first kappa shape index (κ1) is 12.9. The van der Waals surface area contributed by atoms with Crippen LogP contribution in [0.2, 0.25) is 0 Å². The second kappa shape index (κ2) is 5.77. The number of nitrogens with two attached hydrogens (primary N) is 1. The van der Waals surface area contributed by atoms with Crippen LogP contribution >= 0.6 is 12.2 Å². The summed E-state index contributed by atoms with van der Waals surface area (Å²) in [6.45, 7) is 3.70. The molecule has 88 valence electrons. The van der Waals surface area contributed by atoms with Gasteiger partial charge in [-0.05, 0) is 33.2 Å². The Morgan fingerprint density at radius 2 is 2.19 bits per heavy atom. The van der Waals surface area contributed by atoms with Crippen LogP contribution < -0.4 is 11.1 Å². The lowest BCUT2D eigenvalue weighted by Crippen LogP contribution is -2.23. The summed E-state index contributed by atoms with van der Waals surface area (Å²) in [5.41, 5.74) is 7.39. The van der Waals surface area contributed by atoms with Gasteiger partial charge in [-0.3, -0.25) is 0 Å². The lowest BCUT2D eigenvalue weighted by molar-refractivity contribution is 0.425. The Morgan fingerprint density at radius 1 is 1.50 bits per heavy atom. The maximum Gasteiger partial charge on any atom is 0.136 e. The Bertz CT molecular complexity index is 376. The predicted molar refractivity (Wildman–Crippen MR) is 71.9 cm³/mol. The molecule has 0 atom stereocenters. The van der Waals surface area contributed by atoms with Crippen LogP contribution in [-0.4, -0.2) is 42.1 Å². The van der Waals surface area contributed by atoms with Gasteiger partial charge in [-0.15, -0.1) is 0 Å². The number of aryl methyl sites for hydroxylation is 1. The van der Waals surface area contributed by atoms with Crippen molar-refractivity contribution in [3.63, 3.8) is 0 Å². The SMILES string of the molecule is Cc1ccc(C(N)=S)c(NCCN(C)C)n1. The molecule has 0 aliphatic carbocycles. The average molecular weight is 238 g/mol. The zero-order valence-electron chi connectivity index (χ0n) is 9.95. The summed E-state index contributed by atoms with van der Waals surface area (Å²) in [4.78, 5) is 6.87. The summed E-state index contributed by atoms with van der Waals surface area (Å²) in [5, 5.41) is 3.25. The minimum Gasteiger partial charge on any atom is -0.389 e. The fourth-order valence-electron chi connectivity index (χ4n) is 1.29. The van der Waals surface area contributed by atoms with Crippen molar-refractivity contribution in [1.82, 2.24) is 9.88 Å². The van der Waals surface area contributed by atoms with Gasteiger partial charge in [-0.2, -0.15) is 0 Å². The monoisotopic (exact) mass is 238 g/mol. The van der Waals surface area contributed by atoms with Crippen molar-refractivity contribution < 1.29 is 0 Å². The van der Waals surface area contributed by atoms with Gasteiger partial charge in [-0.1, -0.05) is 12.2 Å². The van der Waals surface area contributed by atoms with E-state index in [-0.39, 0.29) is 0 Å². The zero-order valence-corrected chi connectivity index (χ0v) is 10.8. The molecule has 16 heavy (non-hydrogen) atoms. The van der Waals surface area contributed by atoms with Crippen LogP contribution in [0.1, 0.15) is 11.3 Å². The second-order valence-electron chi connectivity index (χ2n) is 3.94. The van der Waals surface area contributed by atoms with Gasteiger partial charge in [0.2, 0.25) is 0 Å². The summed E-state index contributed by atoms with van der Waals surface area (Å²) >= 11 is 4.98. The highest BCUT2D eigenvalue weighted by molar-refractivity contribution is 7.80. The second-order valence-corrected chi connectivity index (χ2v) is 4.38. The van der Waals surface area contributed by atoms with Crippen LogP contribution in [0.3, 0.4) is 0 Å². The van der Waals surface area contributed by atoms with Gasteiger partial charge in [0.05, 0.1) is 5.56 Å². The summed E-state index contributed by atoms with van der Waals surface area (Å²) < 4.78 is 0. The quantitative estimate of drug-likeness (QED) is 0.750. The number of hydrogen-bond donors (Lipinski definition) is 2. The number of pyridine rings is 1. The van der Waals surface area contributed by atoms with E-state index in [1.165, 1.54) is 0 Å². The fraction of sp³-hybridized carbons (Fsp3) is 0.455. The molecule has 5 heteroatoms. The lowest BCUT2D eigenvalue weighted by Gasteiger charge is -2.13. The number of aromatic nitrogens is 1. The first-order chi connectivity index (χ1) is 7.50. The van der Waals surface area contributed by atoms with E-state index in [0.717, 1.165) is 30.2 Å². The van der Waals surface area contributed by atoms with Crippen LogP contribution in [-0.2, 0) is 0 Å². The molecule has 0 bridgehead atoms. The van der Waals surface area contributed by atoms with Crippen molar-refractivity contribution in [2.24, 2.45) is 5.73 Å². The van der Waals surface area contributed by atoms with E-state index in [0.29, 0.717) is 4.99 Å². The first-order valence-corrected chi connectivity index (χ1v) is 5.57. The molecule has 0 amide bonds. The molecule has 0 saturated heterocycles. The van der Waals surface area contributed by atoms with Crippen molar-refractivity contribution in [3.8, 4) is 0 Å². The van der Waals surface area contributed by atoms with E-state index >= 15 is 0 Å². The Kier molecular flexibility index (Phi) is 4.64. The molecule has 0 aliphatic rings. The molecule has 0 spiro atoms. The summed E-state index contributed by atoms with van der Waals surface area (Å²) in [6, 6.07) is 3.81. The maximum atomic E-state index is 5.64. The third kappa shape index (κ3) is 3.75. The van der Waals surface area contributed by atoms with Gasteiger partial charge < -0.3 is 16.0 Å². The normalized spacial score (nSPS) is 10.5. The number of nitrogens with zero attached hydrogens (tertiary/aromatic N) is 2. The molecule has 1 aromatic rings. The van der Waals surface area contributed by atoms with Crippen LogP contribution in [0.4, 0.5) is 5.82 Å². The van der Waals surface area contributed by atoms with Crippen molar-refractivity contribution in [2.75, 3.05) is 32.5 Å². The van der Waals surface area contributed by atoms with Crippen LogP contribution in [0, 0.1) is 6.92 Å². The van der Waals surface area contributed by atoms with E-state index in [9.17, 15) is 0 Å². The summed E-state index contributed by atoms with van der Waals surface area (Å²) in [6.07, 6.45) is 0. The topological polar surface area (TPSA) is 54.2 Å². The molecule has 1 aromatic heterocycles. The highest BCUT2D eigenvalue weighted by Crippen LogP contribution is 2.12. The van der Waals surface area contributed by atoms with E-state index in [1.54, 1.807) is 0 Å². The van der Waals surface area contributed by atoms with Crippen molar-refractivity contribution in [1.29, 1.82) is 0 Å². The van der Waals surface area contributed by atoms with Gasteiger partial charge in [0.25, 0.3) is 0 Å². The van der Waals surface area contributed by atoms with Gasteiger partial charge in [-0.25, -0.2) is 4.98 Å². The number of hydrogen-bond acceptors (Lipinski definition) is 4. The van der Waals surface area contributed by atoms with E-state index in [1.807, 2.05) is 33.2 Å². The molecule has 3 N–H and O–H groups in total. The molecule has 0 aromatic carbocycles. The highest BCUT2D eigenvalue weighted by Gasteiger charge is 2.06. The Hall–Kier alpha value is -1.20. The first-order valence-electron chi connectivity index (χ1n) is 5.16. The van der Waals surface area contributed by atoms with E-state index in [4.69, 9.17) is 18.0 Å². The third-order valence-corrected chi connectivity index (χ3v) is 2.37. The smallest absolute Gasteiger partial charge is 0.136 e. The van der Waals surface area contributed by atoms with Gasteiger partial charge >= 0.3 is 0 Å². The molecule has 0 unspecified atom stereocenters. The van der Waals surface area contributed by atoms with Crippen LogP contribution in [0.5, 0.6) is 0 Å². The molecule has 1 heterocycles. The molecule has 4 nitrogen and oxygen atoms in total. The molecule has 0 aliphatic heterocycles. The van der Waals surface area contributed by atoms with Crippen LogP contribution in [0.25, 0.3) is 0 Å². The molecule has 1 rings (SSSR count). The molecular weight excluding hydrogens is 220 g/mol. The Balaban J connectivity index is 2.76. The number of nitrogens with one attached hydrogen (secondary N) is 1. The molecule has 0 fully saturated rings. The number of rotatable bonds is 5. The van der Waals surface area contributed by atoms with Crippen molar-refractivity contribution in [2.45, 2.75) is 6.92 Å². The van der Waals surface area contributed by atoms with Crippen molar-refractivity contribution in [3.05, 3.63) is 23.4 Å². The standard InChI is InChI=1S/C11H18N4S/c1-8-4-5-9(10(12)16)11(14-8)13-6-7-15(2)3/h4-5H,6-7H2,1-3H3,(H2,12,16)(H,13,14). The van der Waals surface area contributed by atoms with Gasteiger partial charge in [0, 0.05) is 18.8 Å². The van der Waals surface area contributed by atoms with E-state index < -0.39 is 0 Å². The third-order valence-electron chi connectivity index (χ3n) is 2.15. The predicted octanol–water partition coefficient (Wildman–Crippen LogP) is 0.998. The number of anilines is 1. The van der Waals surface area contributed by atoms with Gasteiger partial charge in [0.1, 0.15) is 10.8 Å². The lowest BCUT2D eigenvalue weighted by atomic mass is 10.2. The van der Waals surface area contributed by atoms with E-state index in [2.05, 4.69) is 15.2 Å². The maximum absolute atomic E-state index is 5.64. The van der Waals surface area contributed by atoms with Crippen LogP contribution in [0.15, 0.2) is 12.1 Å². The van der Waals surface area contributed by atoms with Gasteiger partial charge in [0.15, 0.2) is 0 Å². The number of thiocarbonyl (C=S) groups is 1. The van der Waals surface area contributed by atoms with Crippen molar-refractivity contribution >= 4 is 23.0 Å². The Morgan fingerprint density at radius 3 is 2.75 bits per heavy atom. The highest BCUT2D eigenvalue weighted by atomic mass is 32.1. The minimum atomic E-state index is 0.375. The largest absolute Gasteiger partial charge is 0.389 e. The minimum absolute atomic E-state index is 0.375. The average Bonchev–Trinajstić information content (AvgIpc) is 2.16. The fourth-order valence-corrected chi connectivity index (χ4v) is 1.45. The zero-order chi connectivity index (χ0) is 12.1. The summed E-state index contributed by atoms with van der Waals surface area (Å²) in [7, 11) is 4.06. The summed E-state index contributed by atoms with van der Waals surface area (Å²) in [5.74, 6) is 0.773. The molecule has 0 saturated carbocycles. The number of likely N-dealkylation sites (N-methyl/N-ethyl adjacent to an activating group) is 1.